The Kier molecular flexibility index (Phi) is 3.16. The van der Waals surface area contributed by atoms with Crippen molar-refractivity contribution in [3.63, 3.8) is 0 Å². The third kappa shape index (κ3) is 2.26. The molecule has 0 saturated heterocycles. The van der Waals surface area contributed by atoms with Crippen molar-refractivity contribution in [2.75, 3.05) is 0 Å². The number of benzene rings is 1. The first-order valence-corrected chi connectivity index (χ1v) is 7.38. The minimum atomic E-state index is -3.84. The Hall–Kier alpha value is -1.40. The van der Waals surface area contributed by atoms with E-state index in [2.05, 4.69) is 5.10 Å². The van der Waals surface area contributed by atoms with Gasteiger partial charge in [-0.2, -0.15) is 5.10 Å². The van der Waals surface area contributed by atoms with E-state index in [9.17, 15) is 12.8 Å². The number of nitrogens with zero attached hydrogens (tertiary/aromatic N) is 2. The van der Waals surface area contributed by atoms with Crippen molar-refractivity contribution in [2.24, 2.45) is 0 Å². The van der Waals surface area contributed by atoms with Gasteiger partial charge in [0.05, 0.1) is 17.1 Å². The molecule has 0 N–H and O–H groups in total. The Morgan fingerprint density at radius 3 is 2.22 bits per heavy atom. The summed E-state index contributed by atoms with van der Waals surface area (Å²) in [6.07, 6.45) is 0. The largest absolute Gasteiger partial charge is 0.264 e. The van der Waals surface area contributed by atoms with Gasteiger partial charge >= 0.3 is 0 Å². The predicted molar refractivity (Wildman–Crippen MR) is 66.0 cm³/mol. The van der Waals surface area contributed by atoms with Crippen LogP contribution >= 0.6 is 10.7 Å². The molecule has 2 aromatic rings. The van der Waals surface area contributed by atoms with Crippen LogP contribution in [-0.4, -0.2) is 18.2 Å². The molecule has 0 radical (unpaired) electrons. The maximum Gasteiger partial charge on any atom is 0.264 e. The molecule has 0 unspecified atom stereocenters. The number of aromatic nitrogens is 2. The average molecular weight is 289 g/mol. The van der Waals surface area contributed by atoms with Crippen molar-refractivity contribution in [2.45, 2.75) is 18.7 Å². The molecule has 4 nitrogen and oxygen atoms in total. The molecular weight excluding hydrogens is 279 g/mol. The molecule has 7 heteroatoms. The van der Waals surface area contributed by atoms with Crippen LogP contribution in [0, 0.1) is 19.7 Å². The zero-order valence-electron chi connectivity index (χ0n) is 9.68. The van der Waals surface area contributed by atoms with E-state index in [0.717, 1.165) is 0 Å². The third-order valence-corrected chi connectivity index (χ3v) is 4.08. The molecule has 0 spiro atoms. The highest BCUT2D eigenvalue weighted by Crippen LogP contribution is 2.25. The van der Waals surface area contributed by atoms with E-state index in [1.165, 1.54) is 28.9 Å². The quantitative estimate of drug-likeness (QED) is 0.798. The average Bonchev–Trinajstić information content (AvgIpc) is 2.54. The second-order valence-electron chi connectivity index (χ2n) is 3.83. The van der Waals surface area contributed by atoms with Crippen molar-refractivity contribution < 1.29 is 12.8 Å². The van der Waals surface area contributed by atoms with Crippen LogP contribution in [0.5, 0.6) is 0 Å². The van der Waals surface area contributed by atoms with Crippen LogP contribution in [0.1, 0.15) is 11.4 Å². The fourth-order valence-electron chi connectivity index (χ4n) is 1.81. The minimum absolute atomic E-state index is 0.00603. The summed E-state index contributed by atoms with van der Waals surface area (Å²) in [6, 6.07) is 5.58. The number of hydrogen-bond acceptors (Lipinski definition) is 3. The van der Waals surface area contributed by atoms with Crippen LogP contribution < -0.4 is 0 Å². The van der Waals surface area contributed by atoms with Crippen LogP contribution in [0.15, 0.2) is 29.2 Å². The standard InChI is InChI=1S/C11H10ClFN2O2S/c1-7-11(18(12,16)17)8(2)15(14-7)10-5-3-9(13)4-6-10/h3-6H,1-2H3. The summed E-state index contributed by atoms with van der Waals surface area (Å²) < 4.78 is 37.1. The van der Waals surface area contributed by atoms with Crippen molar-refractivity contribution in [1.29, 1.82) is 0 Å². The van der Waals surface area contributed by atoms with Crippen molar-refractivity contribution in [3.8, 4) is 5.69 Å². The normalized spacial score (nSPS) is 11.8. The summed E-state index contributed by atoms with van der Waals surface area (Å²) in [4.78, 5) is -0.00603. The third-order valence-electron chi connectivity index (χ3n) is 2.54. The zero-order chi connectivity index (χ0) is 13.5. The van der Waals surface area contributed by atoms with Gasteiger partial charge in [0, 0.05) is 10.7 Å². The summed E-state index contributed by atoms with van der Waals surface area (Å²) >= 11 is 0. The van der Waals surface area contributed by atoms with Crippen LogP contribution in [0.2, 0.25) is 0 Å². The summed E-state index contributed by atoms with van der Waals surface area (Å²) in [5.41, 5.74) is 1.28. The van der Waals surface area contributed by atoms with E-state index in [4.69, 9.17) is 10.7 Å². The zero-order valence-corrected chi connectivity index (χ0v) is 11.3. The second-order valence-corrected chi connectivity index (χ2v) is 6.33. The molecule has 1 aromatic heterocycles. The summed E-state index contributed by atoms with van der Waals surface area (Å²) in [5.74, 6) is -0.370. The highest BCUT2D eigenvalue weighted by molar-refractivity contribution is 8.13. The first-order chi connectivity index (χ1) is 8.30. The van der Waals surface area contributed by atoms with Gasteiger partial charge < -0.3 is 0 Å². The van der Waals surface area contributed by atoms with Gasteiger partial charge in [-0.15, -0.1) is 0 Å². The summed E-state index contributed by atoms with van der Waals surface area (Å²) in [6.45, 7) is 3.15. The molecule has 1 heterocycles. The van der Waals surface area contributed by atoms with Crippen molar-refractivity contribution >= 4 is 19.7 Å². The van der Waals surface area contributed by atoms with Gasteiger partial charge in [0.2, 0.25) is 0 Å². The number of aryl methyl sites for hydroxylation is 1. The fraction of sp³-hybridized carbons (Fsp3) is 0.182. The Balaban J connectivity index is 2.65. The Labute approximate surface area is 108 Å². The summed E-state index contributed by atoms with van der Waals surface area (Å²) in [7, 11) is 1.51. The number of rotatable bonds is 2. The molecule has 0 atom stereocenters. The van der Waals surface area contributed by atoms with E-state index >= 15 is 0 Å². The molecule has 0 saturated carbocycles. The molecule has 0 amide bonds. The second kappa shape index (κ2) is 4.37. The molecule has 0 aliphatic heterocycles. The molecule has 0 aliphatic carbocycles. The van der Waals surface area contributed by atoms with Crippen LogP contribution in [0.4, 0.5) is 4.39 Å². The molecule has 2 rings (SSSR count). The molecule has 18 heavy (non-hydrogen) atoms. The van der Waals surface area contributed by atoms with Crippen LogP contribution in [0.25, 0.3) is 5.69 Å². The lowest BCUT2D eigenvalue weighted by molar-refractivity contribution is 0.608. The number of halogens is 2. The van der Waals surface area contributed by atoms with E-state index in [0.29, 0.717) is 17.1 Å². The van der Waals surface area contributed by atoms with Gasteiger partial charge in [0.15, 0.2) is 0 Å². The lowest BCUT2D eigenvalue weighted by atomic mass is 10.3. The monoisotopic (exact) mass is 288 g/mol. The van der Waals surface area contributed by atoms with Gasteiger partial charge in [-0.25, -0.2) is 17.5 Å². The van der Waals surface area contributed by atoms with Crippen LogP contribution in [-0.2, 0) is 9.05 Å². The lowest BCUT2D eigenvalue weighted by Gasteiger charge is -2.04. The molecule has 0 bridgehead atoms. The highest BCUT2D eigenvalue weighted by atomic mass is 35.7. The van der Waals surface area contributed by atoms with Gasteiger partial charge in [0.25, 0.3) is 9.05 Å². The van der Waals surface area contributed by atoms with E-state index in [1.807, 2.05) is 0 Å². The smallest absolute Gasteiger partial charge is 0.236 e. The molecule has 0 aliphatic rings. The molecular formula is C11H10ClFN2O2S. The van der Waals surface area contributed by atoms with Gasteiger partial charge in [0.1, 0.15) is 10.7 Å². The van der Waals surface area contributed by atoms with E-state index in [1.54, 1.807) is 13.8 Å². The van der Waals surface area contributed by atoms with E-state index in [-0.39, 0.29) is 10.7 Å². The maximum absolute atomic E-state index is 12.8. The lowest BCUT2D eigenvalue weighted by Crippen LogP contribution is -2.00. The molecule has 1 aromatic carbocycles. The molecule has 96 valence electrons. The van der Waals surface area contributed by atoms with Gasteiger partial charge in [-0.05, 0) is 38.1 Å². The van der Waals surface area contributed by atoms with Crippen molar-refractivity contribution in [1.82, 2.24) is 9.78 Å². The Bertz CT molecular complexity index is 693. The molecule has 0 fully saturated rings. The minimum Gasteiger partial charge on any atom is -0.236 e. The number of hydrogen-bond donors (Lipinski definition) is 0. The fourth-order valence-corrected chi connectivity index (χ4v) is 3.32. The van der Waals surface area contributed by atoms with Crippen LogP contribution in [0.3, 0.4) is 0 Å². The van der Waals surface area contributed by atoms with Gasteiger partial charge in [-0.3, -0.25) is 0 Å². The summed E-state index contributed by atoms with van der Waals surface area (Å²) in [5, 5.41) is 4.11. The topological polar surface area (TPSA) is 52.0 Å². The van der Waals surface area contributed by atoms with Gasteiger partial charge in [-0.1, -0.05) is 0 Å². The highest BCUT2D eigenvalue weighted by Gasteiger charge is 2.22. The maximum atomic E-state index is 12.8. The first kappa shape index (κ1) is 13.0. The van der Waals surface area contributed by atoms with E-state index < -0.39 is 9.05 Å². The Morgan fingerprint density at radius 2 is 1.78 bits per heavy atom. The SMILES string of the molecule is Cc1nn(-c2ccc(F)cc2)c(C)c1S(=O)(=O)Cl. The first-order valence-electron chi connectivity index (χ1n) is 5.07. The predicted octanol–water partition coefficient (Wildman–Crippen LogP) is 2.56. The van der Waals surface area contributed by atoms with Crippen molar-refractivity contribution in [3.05, 3.63) is 41.5 Å². The Morgan fingerprint density at radius 1 is 1.22 bits per heavy atom.